The van der Waals surface area contributed by atoms with Crippen molar-refractivity contribution in [3.8, 4) is 0 Å². The topological polar surface area (TPSA) is 58.1 Å². The fourth-order valence-corrected chi connectivity index (χ4v) is 2.02. The summed E-state index contributed by atoms with van der Waals surface area (Å²) in [6, 6.07) is 9.50. The molecule has 0 aliphatic carbocycles. The number of benzene rings is 1. The summed E-state index contributed by atoms with van der Waals surface area (Å²) in [4.78, 5) is 22.0. The molecule has 5 heteroatoms. The Labute approximate surface area is 125 Å². The Balaban J connectivity index is 2.02. The van der Waals surface area contributed by atoms with E-state index in [-0.39, 0.29) is 5.91 Å². The van der Waals surface area contributed by atoms with Gasteiger partial charge in [0.05, 0.1) is 0 Å². The molecule has 0 radical (unpaired) electrons. The van der Waals surface area contributed by atoms with Gasteiger partial charge < -0.3 is 10.2 Å². The van der Waals surface area contributed by atoms with Gasteiger partial charge in [-0.3, -0.25) is 4.79 Å². The Hall–Kier alpha value is -2.43. The van der Waals surface area contributed by atoms with Gasteiger partial charge in [0.1, 0.15) is 11.6 Å². The normalized spacial score (nSPS) is 10.3. The fraction of sp³-hybridized carbons (Fsp3) is 0.312. The molecule has 2 rings (SSSR count). The molecule has 1 aromatic carbocycles. The SMILES string of the molecule is Cc1cc(NCc2ccc(C(=O)N(C)C)cc2)nc(C)n1. The zero-order chi connectivity index (χ0) is 15.4. The molecule has 1 aromatic heterocycles. The molecule has 0 atom stereocenters. The minimum atomic E-state index is 0.0107. The van der Waals surface area contributed by atoms with Gasteiger partial charge in [-0.15, -0.1) is 0 Å². The molecule has 5 nitrogen and oxygen atoms in total. The second kappa shape index (κ2) is 6.35. The molecule has 0 spiro atoms. The zero-order valence-corrected chi connectivity index (χ0v) is 12.8. The number of aryl methyl sites for hydroxylation is 2. The first-order chi connectivity index (χ1) is 9.95. The first kappa shape index (κ1) is 15.0. The van der Waals surface area contributed by atoms with Crippen molar-refractivity contribution in [2.24, 2.45) is 0 Å². The van der Waals surface area contributed by atoms with E-state index in [9.17, 15) is 4.79 Å². The molecule has 0 bridgehead atoms. The summed E-state index contributed by atoms with van der Waals surface area (Å²) in [7, 11) is 3.50. The van der Waals surface area contributed by atoms with Crippen molar-refractivity contribution in [2.75, 3.05) is 19.4 Å². The highest BCUT2D eigenvalue weighted by Gasteiger charge is 2.07. The van der Waals surface area contributed by atoms with Crippen LogP contribution >= 0.6 is 0 Å². The number of hydrogen-bond acceptors (Lipinski definition) is 4. The first-order valence-electron chi connectivity index (χ1n) is 6.82. The number of anilines is 1. The van der Waals surface area contributed by atoms with Crippen molar-refractivity contribution in [2.45, 2.75) is 20.4 Å². The molecule has 110 valence electrons. The molecule has 0 aliphatic rings. The minimum Gasteiger partial charge on any atom is -0.366 e. The number of nitrogens with zero attached hydrogens (tertiary/aromatic N) is 3. The van der Waals surface area contributed by atoms with E-state index < -0.39 is 0 Å². The lowest BCUT2D eigenvalue weighted by Gasteiger charge is -2.11. The number of aromatic nitrogens is 2. The number of rotatable bonds is 4. The first-order valence-corrected chi connectivity index (χ1v) is 6.82. The average molecular weight is 284 g/mol. The predicted octanol–water partition coefficient (Wildman–Crippen LogP) is 2.41. The summed E-state index contributed by atoms with van der Waals surface area (Å²) in [6.45, 7) is 4.48. The van der Waals surface area contributed by atoms with Crippen LogP contribution in [-0.4, -0.2) is 34.9 Å². The van der Waals surface area contributed by atoms with Crippen molar-refractivity contribution < 1.29 is 4.79 Å². The minimum absolute atomic E-state index is 0.0107. The van der Waals surface area contributed by atoms with Gasteiger partial charge >= 0.3 is 0 Å². The third kappa shape index (κ3) is 4.02. The Morgan fingerprint density at radius 1 is 1.14 bits per heavy atom. The summed E-state index contributed by atoms with van der Waals surface area (Å²) >= 11 is 0. The highest BCUT2D eigenvalue weighted by molar-refractivity contribution is 5.93. The van der Waals surface area contributed by atoms with Gasteiger partial charge in [-0.1, -0.05) is 12.1 Å². The molecular formula is C16H20N4O. The van der Waals surface area contributed by atoms with Crippen LogP contribution in [0.5, 0.6) is 0 Å². The number of carbonyl (C=O) groups is 1. The van der Waals surface area contributed by atoms with E-state index in [2.05, 4.69) is 15.3 Å². The maximum atomic E-state index is 11.8. The summed E-state index contributed by atoms with van der Waals surface area (Å²) in [6.07, 6.45) is 0. The van der Waals surface area contributed by atoms with Gasteiger partial charge in [-0.2, -0.15) is 0 Å². The van der Waals surface area contributed by atoms with Crippen LogP contribution in [0, 0.1) is 13.8 Å². The number of carbonyl (C=O) groups excluding carboxylic acids is 1. The largest absolute Gasteiger partial charge is 0.366 e. The highest BCUT2D eigenvalue weighted by atomic mass is 16.2. The lowest BCUT2D eigenvalue weighted by Crippen LogP contribution is -2.21. The molecular weight excluding hydrogens is 264 g/mol. The lowest BCUT2D eigenvalue weighted by molar-refractivity contribution is 0.0827. The van der Waals surface area contributed by atoms with Gasteiger partial charge in [0, 0.05) is 38.0 Å². The number of hydrogen-bond donors (Lipinski definition) is 1. The van der Waals surface area contributed by atoms with Crippen molar-refractivity contribution in [3.05, 3.63) is 53.0 Å². The Bertz CT molecular complexity index is 615. The van der Waals surface area contributed by atoms with Crippen LogP contribution in [0.1, 0.15) is 27.4 Å². The number of amides is 1. The molecule has 1 heterocycles. The molecule has 0 aliphatic heterocycles. The maximum absolute atomic E-state index is 11.8. The molecule has 0 saturated heterocycles. The molecule has 2 aromatic rings. The predicted molar refractivity (Wildman–Crippen MR) is 83.3 cm³/mol. The van der Waals surface area contributed by atoms with E-state index in [1.54, 1.807) is 19.0 Å². The van der Waals surface area contributed by atoms with Crippen LogP contribution in [-0.2, 0) is 6.54 Å². The van der Waals surface area contributed by atoms with Crippen LogP contribution in [0.4, 0.5) is 5.82 Å². The Morgan fingerprint density at radius 2 is 1.81 bits per heavy atom. The van der Waals surface area contributed by atoms with Crippen LogP contribution in [0.2, 0.25) is 0 Å². The van der Waals surface area contributed by atoms with E-state index in [0.29, 0.717) is 12.1 Å². The molecule has 0 saturated carbocycles. The Morgan fingerprint density at radius 3 is 2.38 bits per heavy atom. The average Bonchev–Trinajstić information content (AvgIpc) is 2.44. The number of nitrogens with one attached hydrogen (secondary N) is 1. The van der Waals surface area contributed by atoms with Crippen molar-refractivity contribution >= 4 is 11.7 Å². The van der Waals surface area contributed by atoms with E-state index in [4.69, 9.17) is 0 Å². The summed E-state index contributed by atoms with van der Waals surface area (Å²) in [5.74, 6) is 1.58. The van der Waals surface area contributed by atoms with Gasteiger partial charge in [-0.25, -0.2) is 9.97 Å². The summed E-state index contributed by atoms with van der Waals surface area (Å²) < 4.78 is 0. The maximum Gasteiger partial charge on any atom is 0.253 e. The van der Waals surface area contributed by atoms with Crippen LogP contribution in [0.15, 0.2) is 30.3 Å². The van der Waals surface area contributed by atoms with E-state index >= 15 is 0 Å². The zero-order valence-electron chi connectivity index (χ0n) is 12.8. The third-order valence-corrected chi connectivity index (χ3v) is 3.05. The van der Waals surface area contributed by atoms with Gasteiger partial charge in [0.15, 0.2) is 0 Å². The standard InChI is InChI=1S/C16H20N4O/c1-11-9-15(19-12(2)18-11)17-10-13-5-7-14(8-6-13)16(21)20(3)4/h5-9H,10H2,1-4H3,(H,17,18,19). The smallest absolute Gasteiger partial charge is 0.253 e. The molecule has 0 fully saturated rings. The van der Waals surface area contributed by atoms with E-state index in [1.165, 1.54) is 0 Å². The molecule has 1 N–H and O–H groups in total. The molecule has 0 unspecified atom stereocenters. The van der Waals surface area contributed by atoms with Crippen LogP contribution in [0.25, 0.3) is 0 Å². The molecule has 21 heavy (non-hydrogen) atoms. The van der Waals surface area contributed by atoms with Gasteiger partial charge in [-0.05, 0) is 31.5 Å². The monoisotopic (exact) mass is 284 g/mol. The van der Waals surface area contributed by atoms with Gasteiger partial charge in [0.2, 0.25) is 0 Å². The van der Waals surface area contributed by atoms with E-state index in [0.717, 1.165) is 22.9 Å². The quantitative estimate of drug-likeness (QED) is 0.936. The lowest BCUT2D eigenvalue weighted by atomic mass is 10.1. The summed E-state index contributed by atoms with van der Waals surface area (Å²) in [5, 5.41) is 3.27. The van der Waals surface area contributed by atoms with E-state index in [1.807, 2.05) is 44.2 Å². The van der Waals surface area contributed by atoms with Crippen molar-refractivity contribution in [1.29, 1.82) is 0 Å². The second-order valence-corrected chi connectivity index (χ2v) is 5.19. The van der Waals surface area contributed by atoms with Crippen molar-refractivity contribution in [3.63, 3.8) is 0 Å². The third-order valence-electron chi connectivity index (χ3n) is 3.05. The highest BCUT2D eigenvalue weighted by Crippen LogP contribution is 2.10. The van der Waals surface area contributed by atoms with Crippen LogP contribution < -0.4 is 5.32 Å². The van der Waals surface area contributed by atoms with Crippen molar-refractivity contribution in [1.82, 2.24) is 14.9 Å². The Kier molecular flexibility index (Phi) is 4.52. The fourth-order valence-electron chi connectivity index (χ4n) is 2.02. The van der Waals surface area contributed by atoms with Crippen LogP contribution in [0.3, 0.4) is 0 Å². The molecule has 1 amide bonds. The second-order valence-electron chi connectivity index (χ2n) is 5.19. The summed E-state index contributed by atoms with van der Waals surface area (Å²) in [5.41, 5.74) is 2.73. The van der Waals surface area contributed by atoms with Gasteiger partial charge in [0.25, 0.3) is 5.91 Å².